The van der Waals surface area contributed by atoms with Crippen LogP contribution in [0.25, 0.3) is 0 Å². The quantitative estimate of drug-likeness (QED) is 0.671. The van der Waals surface area contributed by atoms with Gasteiger partial charge in [-0.3, -0.25) is 0 Å². The van der Waals surface area contributed by atoms with Crippen LogP contribution in [0.4, 0.5) is 13.2 Å². The number of nitrogens with one attached hydrogen (secondary N) is 1. The molecular weight excluding hydrogens is 263 g/mol. The number of ether oxygens (including phenoxy) is 1. The first kappa shape index (κ1) is 12.6. The van der Waals surface area contributed by atoms with Gasteiger partial charge in [0.1, 0.15) is 0 Å². The molecule has 0 bridgehead atoms. The van der Waals surface area contributed by atoms with Crippen molar-refractivity contribution in [1.82, 2.24) is 5.32 Å². The summed E-state index contributed by atoms with van der Waals surface area (Å²) >= 11 is 0. The van der Waals surface area contributed by atoms with Crippen LogP contribution in [0.2, 0.25) is 0 Å². The molecule has 98 valence electrons. The number of esters is 1. The van der Waals surface area contributed by atoms with Gasteiger partial charge in [-0.2, -0.15) is 13.2 Å². The lowest BCUT2D eigenvalue weighted by Crippen LogP contribution is -2.61. The molecule has 2 rings (SSSR count). The van der Waals surface area contributed by atoms with Crippen molar-refractivity contribution in [2.24, 2.45) is 5.41 Å². The summed E-state index contributed by atoms with van der Waals surface area (Å²) in [5.74, 6) is -2.68. The summed E-state index contributed by atoms with van der Waals surface area (Å²) in [6.07, 6.45) is -4.78. The summed E-state index contributed by atoms with van der Waals surface area (Å²) in [7, 11) is -3.75. The molecule has 0 saturated carbocycles. The summed E-state index contributed by atoms with van der Waals surface area (Å²) in [6.45, 7) is 0.762. The molecule has 1 spiro atoms. The minimum atomic E-state index is -5.17. The molecule has 2 heterocycles. The molecule has 1 N–H and O–H groups in total. The Labute approximate surface area is 95.2 Å². The molecule has 17 heavy (non-hydrogen) atoms. The third kappa shape index (κ3) is 2.01. The SMILES string of the molecule is O=C(OC1C2(CCNC2)CS1(=O)=O)C(F)(F)F. The molecule has 2 saturated heterocycles. The van der Waals surface area contributed by atoms with Gasteiger partial charge in [0.25, 0.3) is 0 Å². The van der Waals surface area contributed by atoms with E-state index >= 15 is 0 Å². The molecule has 0 radical (unpaired) electrons. The van der Waals surface area contributed by atoms with Crippen molar-refractivity contribution in [2.45, 2.75) is 18.0 Å². The highest BCUT2D eigenvalue weighted by atomic mass is 32.2. The molecule has 0 aromatic heterocycles. The highest BCUT2D eigenvalue weighted by Gasteiger charge is 2.63. The first-order valence-corrected chi connectivity index (χ1v) is 6.59. The molecular formula is C8H10F3NO4S. The van der Waals surface area contributed by atoms with E-state index < -0.39 is 32.8 Å². The Morgan fingerprint density at radius 3 is 2.47 bits per heavy atom. The predicted octanol–water partition coefficient (Wildman–Crippen LogP) is -0.174. The number of alkyl halides is 3. The summed E-state index contributed by atoms with van der Waals surface area (Å²) in [5.41, 5.74) is -2.54. The predicted molar refractivity (Wildman–Crippen MR) is 49.6 cm³/mol. The molecule has 9 heteroatoms. The van der Waals surface area contributed by atoms with Gasteiger partial charge in [-0.05, 0) is 13.0 Å². The summed E-state index contributed by atoms with van der Waals surface area (Å²) < 4.78 is 62.9. The van der Waals surface area contributed by atoms with E-state index in [1.165, 1.54) is 0 Å². The average Bonchev–Trinajstić information content (AvgIpc) is 2.61. The number of halogens is 3. The third-order valence-corrected chi connectivity index (χ3v) is 5.26. The van der Waals surface area contributed by atoms with Crippen LogP contribution in [0.3, 0.4) is 0 Å². The number of carbonyl (C=O) groups excluding carboxylic acids is 1. The Balaban J connectivity index is 2.15. The molecule has 2 fully saturated rings. The maximum Gasteiger partial charge on any atom is 0.490 e. The summed E-state index contributed by atoms with van der Waals surface area (Å²) in [6, 6.07) is 0. The summed E-state index contributed by atoms with van der Waals surface area (Å²) in [5, 5.41) is 2.86. The lowest BCUT2D eigenvalue weighted by Gasteiger charge is -2.44. The first-order chi connectivity index (χ1) is 7.67. The molecule has 0 aromatic rings. The van der Waals surface area contributed by atoms with Crippen molar-refractivity contribution in [3.05, 3.63) is 0 Å². The Kier molecular flexibility index (Phi) is 2.66. The second-order valence-corrected chi connectivity index (χ2v) is 6.37. The standard InChI is InChI=1S/C8H10F3NO4S/c9-8(10,11)5(13)16-6-7(1-2-12-3-7)4-17(6,14)15/h6,12H,1-4H2. The number of rotatable bonds is 1. The van der Waals surface area contributed by atoms with Crippen LogP contribution < -0.4 is 5.32 Å². The van der Waals surface area contributed by atoms with Crippen LogP contribution in [-0.2, 0) is 19.4 Å². The lowest BCUT2D eigenvalue weighted by atomic mass is 9.89. The van der Waals surface area contributed by atoms with Crippen LogP contribution in [0.1, 0.15) is 6.42 Å². The van der Waals surface area contributed by atoms with Crippen molar-refractivity contribution in [2.75, 3.05) is 18.8 Å². The Hall–Kier alpha value is -0.830. The zero-order chi connectivity index (χ0) is 12.9. The van der Waals surface area contributed by atoms with Crippen molar-refractivity contribution >= 4 is 15.8 Å². The number of carbonyl (C=O) groups is 1. The Bertz CT molecular complexity index is 438. The van der Waals surface area contributed by atoms with Gasteiger partial charge in [0.05, 0.1) is 5.75 Å². The van der Waals surface area contributed by atoms with Gasteiger partial charge in [-0.15, -0.1) is 0 Å². The number of hydrogen-bond acceptors (Lipinski definition) is 5. The minimum Gasteiger partial charge on any atom is -0.439 e. The average molecular weight is 273 g/mol. The van der Waals surface area contributed by atoms with Crippen molar-refractivity contribution in [1.29, 1.82) is 0 Å². The fourth-order valence-electron chi connectivity index (χ4n) is 2.28. The highest BCUT2D eigenvalue weighted by molar-refractivity contribution is 7.93. The van der Waals surface area contributed by atoms with Gasteiger partial charge in [0, 0.05) is 12.0 Å². The fourth-order valence-corrected chi connectivity index (χ4v) is 4.61. The number of sulfone groups is 1. The van der Waals surface area contributed by atoms with E-state index in [1.807, 2.05) is 0 Å². The van der Waals surface area contributed by atoms with E-state index in [2.05, 4.69) is 10.1 Å². The maximum atomic E-state index is 12.0. The minimum absolute atomic E-state index is 0.233. The van der Waals surface area contributed by atoms with E-state index in [9.17, 15) is 26.4 Å². The molecule has 0 aliphatic carbocycles. The smallest absolute Gasteiger partial charge is 0.439 e. The molecule has 2 atom stereocenters. The number of hydrogen-bond donors (Lipinski definition) is 1. The van der Waals surface area contributed by atoms with Gasteiger partial charge in [0.2, 0.25) is 5.44 Å². The summed E-state index contributed by atoms with van der Waals surface area (Å²) in [4.78, 5) is 10.7. The molecule has 0 amide bonds. The van der Waals surface area contributed by atoms with Crippen LogP contribution in [0.15, 0.2) is 0 Å². The van der Waals surface area contributed by atoms with Crippen molar-refractivity contribution < 1.29 is 31.1 Å². The van der Waals surface area contributed by atoms with Crippen molar-refractivity contribution in [3.8, 4) is 0 Å². The van der Waals surface area contributed by atoms with E-state index in [0.717, 1.165) is 0 Å². The maximum absolute atomic E-state index is 12.0. The molecule has 2 aliphatic heterocycles. The second-order valence-electron chi connectivity index (χ2n) is 4.33. The van der Waals surface area contributed by atoms with Gasteiger partial charge in [-0.1, -0.05) is 0 Å². The van der Waals surface area contributed by atoms with E-state index in [0.29, 0.717) is 13.0 Å². The molecule has 2 aliphatic rings. The first-order valence-electron chi connectivity index (χ1n) is 4.88. The van der Waals surface area contributed by atoms with Gasteiger partial charge >= 0.3 is 12.1 Å². The highest BCUT2D eigenvalue weighted by Crippen LogP contribution is 2.46. The topological polar surface area (TPSA) is 72.5 Å². The van der Waals surface area contributed by atoms with Crippen molar-refractivity contribution in [3.63, 3.8) is 0 Å². The Morgan fingerprint density at radius 1 is 1.41 bits per heavy atom. The molecule has 2 unspecified atom stereocenters. The zero-order valence-corrected chi connectivity index (χ0v) is 9.40. The Morgan fingerprint density at radius 2 is 2.06 bits per heavy atom. The monoisotopic (exact) mass is 273 g/mol. The van der Waals surface area contributed by atoms with Crippen LogP contribution in [-0.4, -0.2) is 44.8 Å². The van der Waals surface area contributed by atoms with Crippen LogP contribution in [0.5, 0.6) is 0 Å². The second kappa shape index (κ2) is 3.58. The molecule has 5 nitrogen and oxygen atoms in total. The largest absolute Gasteiger partial charge is 0.490 e. The van der Waals surface area contributed by atoms with Gasteiger partial charge < -0.3 is 10.1 Å². The fraction of sp³-hybridized carbons (Fsp3) is 0.875. The molecule has 0 aromatic carbocycles. The van der Waals surface area contributed by atoms with Crippen LogP contribution >= 0.6 is 0 Å². The normalized spacial score (nSPS) is 35.6. The zero-order valence-electron chi connectivity index (χ0n) is 8.58. The van der Waals surface area contributed by atoms with E-state index in [4.69, 9.17) is 0 Å². The van der Waals surface area contributed by atoms with Crippen LogP contribution in [0, 0.1) is 5.41 Å². The van der Waals surface area contributed by atoms with E-state index in [1.54, 1.807) is 0 Å². The third-order valence-electron chi connectivity index (χ3n) is 3.04. The van der Waals surface area contributed by atoms with Gasteiger partial charge in [-0.25, -0.2) is 13.2 Å². The van der Waals surface area contributed by atoms with Gasteiger partial charge in [0.15, 0.2) is 9.84 Å². The van der Waals surface area contributed by atoms with E-state index in [-0.39, 0.29) is 12.3 Å². The lowest BCUT2D eigenvalue weighted by molar-refractivity contribution is -0.205.